The number of imidazole rings is 1. The van der Waals surface area contributed by atoms with E-state index in [9.17, 15) is 0 Å². The molecular weight excluding hydrogens is 332 g/mol. The van der Waals surface area contributed by atoms with E-state index < -0.39 is 0 Å². The molecule has 4 nitrogen and oxygen atoms in total. The van der Waals surface area contributed by atoms with Crippen molar-refractivity contribution in [1.29, 1.82) is 0 Å². The van der Waals surface area contributed by atoms with Crippen molar-refractivity contribution in [2.45, 2.75) is 38.8 Å². The third kappa shape index (κ3) is 4.17. The number of hydrogen-bond donors (Lipinski definition) is 1. The number of aryl methyl sites for hydroxylation is 1. The van der Waals surface area contributed by atoms with E-state index in [0.717, 1.165) is 36.6 Å². The molecule has 0 saturated carbocycles. The van der Waals surface area contributed by atoms with Gasteiger partial charge in [-0.1, -0.05) is 38.0 Å². The Morgan fingerprint density at radius 3 is 2.85 bits per heavy atom. The van der Waals surface area contributed by atoms with E-state index in [4.69, 9.17) is 9.97 Å². The fourth-order valence-electron chi connectivity index (χ4n) is 3.76. The SMILES string of the molecule is C=C/C(=C\C)CN(Cc1nc(C=C)c(C=C)[nH]1)C1CCCc2cccnc21. The summed E-state index contributed by atoms with van der Waals surface area (Å²) in [5.41, 5.74) is 5.52. The lowest BCUT2D eigenvalue weighted by Crippen LogP contribution is -2.33. The molecule has 0 aliphatic heterocycles. The Balaban J connectivity index is 1.94. The van der Waals surface area contributed by atoms with Gasteiger partial charge in [-0.3, -0.25) is 9.88 Å². The van der Waals surface area contributed by atoms with Gasteiger partial charge in [0.2, 0.25) is 0 Å². The smallest absolute Gasteiger partial charge is 0.121 e. The number of H-pyrrole nitrogens is 1. The number of fused-ring (bicyclic) bond motifs is 1. The summed E-state index contributed by atoms with van der Waals surface area (Å²) in [5, 5.41) is 0. The van der Waals surface area contributed by atoms with Crippen LogP contribution in [0.1, 0.15) is 54.3 Å². The third-order valence-corrected chi connectivity index (χ3v) is 5.19. The van der Waals surface area contributed by atoms with Crippen LogP contribution in [-0.2, 0) is 13.0 Å². The molecule has 27 heavy (non-hydrogen) atoms. The highest BCUT2D eigenvalue weighted by molar-refractivity contribution is 5.57. The zero-order valence-corrected chi connectivity index (χ0v) is 16.1. The second kappa shape index (κ2) is 8.78. The molecule has 1 aliphatic rings. The molecule has 1 atom stereocenters. The summed E-state index contributed by atoms with van der Waals surface area (Å²) in [5.74, 6) is 0.919. The van der Waals surface area contributed by atoms with Gasteiger partial charge in [0.1, 0.15) is 5.82 Å². The van der Waals surface area contributed by atoms with Gasteiger partial charge < -0.3 is 4.98 Å². The molecule has 0 radical (unpaired) electrons. The highest BCUT2D eigenvalue weighted by Crippen LogP contribution is 2.34. The minimum absolute atomic E-state index is 0.273. The number of aromatic nitrogens is 3. The molecule has 140 valence electrons. The van der Waals surface area contributed by atoms with E-state index in [0.29, 0.717) is 6.54 Å². The van der Waals surface area contributed by atoms with Crippen LogP contribution in [0.15, 0.2) is 55.8 Å². The summed E-state index contributed by atoms with van der Waals surface area (Å²) >= 11 is 0. The predicted octanol–water partition coefficient (Wildman–Crippen LogP) is 5.10. The van der Waals surface area contributed by atoms with Crippen LogP contribution in [0.25, 0.3) is 12.2 Å². The number of rotatable bonds is 8. The summed E-state index contributed by atoms with van der Waals surface area (Å²) in [6.45, 7) is 15.3. The van der Waals surface area contributed by atoms with Crippen molar-refractivity contribution < 1.29 is 0 Å². The van der Waals surface area contributed by atoms with Gasteiger partial charge in [-0.15, -0.1) is 0 Å². The third-order valence-electron chi connectivity index (χ3n) is 5.19. The maximum atomic E-state index is 4.73. The van der Waals surface area contributed by atoms with Gasteiger partial charge in [-0.25, -0.2) is 4.98 Å². The van der Waals surface area contributed by atoms with Crippen molar-refractivity contribution in [3.05, 3.63) is 84.3 Å². The van der Waals surface area contributed by atoms with E-state index in [2.05, 4.69) is 48.7 Å². The first-order valence-electron chi connectivity index (χ1n) is 9.49. The molecule has 2 aromatic heterocycles. The van der Waals surface area contributed by atoms with Crippen LogP contribution in [0.5, 0.6) is 0 Å². The average molecular weight is 361 g/mol. The molecule has 0 saturated heterocycles. The molecule has 1 N–H and O–H groups in total. The lowest BCUT2D eigenvalue weighted by Gasteiger charge is -2.34. The molecule has 1 aliphatic carbocycles. The summed E-state index contributed by atoms with van der Waals surface area (Å²) in [6, 6.07) is 4.51. The van der Waals surface area contributed by atoms with Crippen molar-refractivity contribution in [2.24, 2.45) is 0 Å². The molecule has 4 heteroatoms. The van der Waals surface area contributed by atoms with Crippen LogP contribution in [0, 0.1) is 0 Å². The van der Waals surface area contributed by atoms with Gasteiger partial charge in [0.15, 0.2) is 0 Å². The summed E-state index contributed by atoms with van der Waals surface area (Å²) in [4.78, 5) is 15.2. The second-order valence-corrected chi connectivity index (χ2v) is 6.82. The Labute approximate surface area is 162 Å². The molecule has 0 aromatic carbocycles. The van der Waals surface area contributed by atoms with Gasteiger partial charge in [0.05, 0.1) is 29.7 Å². The van der Waals surface area contributed by atoms with E-state index >= 15 is 0 Å². The molecule has 0 amide bonds. The zero-order valence-electron chi connectivity index (χ0n) is 16.1. The van der Waals surface area contributed by atoms with Crippen molar-refractivity contribution in [3.63, 3.8) is 0 Å². The monoisotopic (exact) mass is 360 g/mol. The van der Waals surface area contributed by atoms with Crippen molar-refractivity contribution in [3.8, 4) is 0 Å². The van der Waals surface area contributed by atoms with Crippen LogP contribution in [0.2, 0.25) is 0 Å². The number of nitrogens with zero attached hydrogens (tertiary/aromatic N) is 3. The largest absolute Gasteiger partial charge is 0.341 e. The maximum Gasteiger partial charge on any atom is 0.121 e. The Bertz CT molecular complexity index is 834. The standard InChI is InChI=1S/C23H28N4/c1-5-17(6-2)15-27(16-22-25-19(7-3)20(8-4)26-22)21-13-9-11-18-12-10-14-24-23(18)21/h5-8,10,12,14,21H,1,3-4,9,11,13,15-16H2,2H3,(H,25,26)/b17-6+. The quantitative estimate of drug-likeness (QED) is 0.666. The lowest BCUT2D eigenvalue weighted by atomic mass is 9.90. The lowest BCUT2D eigenvalue weighted by molar-refractivity contribution is 0.178. The highest BCUT2D eigenvalue weighted by atomic mass is 15.2. The van der Waals surface area contributed by atoms with Gasteiger partial charge in [-0.2, -0.15) is 0 Å². The van der Waals surface area contributed by atoms with Crippen molar-refractivity contribution in [1.82, 2.24) is 19.9 Å². The molecule has 2 aromatic rings. The highest BCUT2D eigenvalue weighted by Gasteiger charge is 2.28. The van der Waals surface area contributed by atoms with E-state index in [1.165, 1.54) is 23.3 Å². The Kier molecular flexibility index (Phi) is 6.20. The van der Waals surface area contributed by atoms with Crippen LogP contribution in [-0.4, -0.2) is 26.4 Å². The van der Waals surface area contributed by atoms with E-state index in [1.54, 1.807) is 12.2 Å². The number of allylic oxidation sites excluding steroid dienone is 1. The van der Waals surface area contributed by atoms with Crippen molar-refractivity contribution in [2.75, 3.05) is 6.54 Å². The molecule has 0 spiro atoms. The van der Waals surface area contributed by atoms with Crippen LogP contribution in [0.3, 0.4) is 0 Å². The van der Waals surface area contributed by atoms with Crippen LogP contribution in [0.4, 0.5) is 0 Å². The minimum Gasteiger partial charge on any atom is -0.341 e. The average Bonchev–Trinajstić information content (AvgIpc) is 3.12. The first kappa shape index (κ1) is 19.1. The number of pyridine rings is 1. The van der Waals surface area contributed by atoms with Gasteiger partial charge >= 0.3 is 0 Å². The molecule has 1 unspecified atom stereocenters. The van der Waals surface area contributed by atoms with Gasteiger partial charge in [0, 0.05) is 12.7 Å². The molecular formula is C23H28N4. The zero-order chi connectivity index (χ0) is 19.2. The van der Waals surface area contributed by atoms with Gasteiger partial charge in [0.25, 0.3) is 0 Å². The minimum atomic E-state index is 0.273. The summed E-state index contributed by atoms with van der Waals surface area (Å²) in [7, 11) is 0. The van der Waals surface area contributed by atoms with Crippen LogP contribution < -0.4 is 0 Å². The summed E-state index contributed by atoms with van der Waals surface area (Å²) in [6.07, 6.45) is 12.9. The normalized spacial score (nSPS) is 16.8. The second-order valence-electron chi connectivity index (χ2n) is 6.82. The topological polar surface area (TPSA) is 44.8 Å². The Morgan fingerprint density at radius 1 is 1.33 bits per heavy atom. The Hall–Kier alpha value is -2.72. The first-order chi connectivity index (χ1) is 13.2. The molecule has 0 bridgehead atoms. The number of hydrogen-bond acceptors (Lipinski definition) is 3. The molecule has 0 fully saturated rings. The van der Waals surface area contributed by atoms with E-state index in [-0.39, 0.29) is 6.04 Å². The number of aromatic amines is 1. The number of nitrogens with one attached hydrogen (secondary N) is 1. The fourth-order valence-corrected chi connectivity index (χ4v) is 3.76. The maximum absolute atomic E-state index is 4.73. The van der Waals surface area contributed by atoms with Crippen LogP contribution >= 0.6 is 0 Å². The first-order valence-corrected chi connectivity index (χ1v) is 9.49. The Morgan fingerprint density at radius 2 is 2.19 bits per heavy atom. The van der Waals surface area contributed by atoms with Crippen molar-refractivity contribution >= 4 is 12.2 Å². The van der Waals surface area contributed by atoms with Gasteiger partial charge in [-0.05, 0) is 55.5 Å². The molecule has 3 rings (SSSR count). The molecule has 2 heterocycles. The van der Waals surface area contributed by atoms with E-state index in [1.807, 2.05) is 18.3 Å². The summed E-state index contributed by atoms with van der Waals surface area (Å²) < 4.78 is 0. The fraction of sp³-hybridized carbons (Fsp3) is 0.304. The predicted molar refractivity (Wildman–Crippen MR) is 113 cm³/mol.